The standard InChI is InChI=1S/C15H14ClFN2O/c16-12-7-5-11(6-8-12)9-10-18-15(20)19-14-4-2-1-3-13(14)17/h1-8H,9-10H2,(H2,18,19,20). The Morgan fingerprint density at radius 3 is 2.50 bits per heavy atom. The summed E-state index contributed by atoms with van der Waals surface area (Å²) in [6.07, 6.45) is 0.682. The zero-order chi connectivity index (χ0) is 14.4. The van der Waals surface area contributed by atoms with Crippen LogP contribution in [0, 0.1) is 5.82 Å². The molecule has 0 aliphatic rings. The predicted molar refractivity (Wildman–Crippen MR) is 78.6 cm³/mol. The Morgan fingerprint density at radius 2 is 1.80 bits per heavy atom. The fraction of sp³-hybridized carbons (Fsp3) is 0.133. The van der Waals surface area contributed by atoms with Gasteiger partial charge in [0, 0.05) is 11.6 Å². The molecule has 5 heteroatoms. The minimum atomic E-state index is -0.458. The largest absolute Gasteiger partial charge is 0.338 e. The van der Waals surface area contributed by atoms with Crippen LogP contribution in [0.4, 0.5) is 14.9 Å². The minimum Gasteiger partial charge on any atom is -0.338 e. The van der Waals surface area contributed by atoms with Crippen LogP contribution in [0.2, 0.25) is 5.02 Å². The van der Waals surface area contributed by atoms with Crippen molar-refractivity contribution in [3.05, 3.63) is 64.9 Å². The quantitative estimate of drug-likeness (QED) is 0.883. The van der Waals surface area contributed by atoms with E-state index < -0.39 is 11.8 Å². The van der Waals surface area contributed by atoms with Gasteiger partial charge in [0.15, 0.2) is 0 Å². The summed E-state index contributed by atoms with van der Waals surface area (Å²) < 4.78 is 13.3. The number of carbonyl (C=O) groups excluding carboxylic acids is 1. The fourth-order valence-electron chi connectivity index (χ4n) is 1.70. The molecule has 2 amide bonds. The van der Waals surface area contributed by atoms with Crippen LogP contribution in [0.25, 0.3) is 0 Å². The molecule has 0 unspecified atom stereocenters. The molecule has 2 aromatic carbocycles. The average Bonchev–Trinajstić information content (AvgIpc) is 2.44. The number of benzene rings is 2. The SMILES string of the molecule is O=C(NCCc1ccc(Cl)cc1)Nc1ccccc1F. The molecule has 0 bridgehead atoms. The Bertz CT molecular complexity index is 587. The first kappa shape index (κ1) is 14.3. The van der Waals surface area contributed by atoms with Crippen molar-refractivity contribution in [2.75, 3.05) is 11.9 Å². The predicted octanol–water partition coefficient (Wildman–Crippen LogP) is 3.84. The lowest BCUT2D eigenvalue weighted by molar-refractivity contribution is 0.252. The first-order valence-corrected chi connectivity index (χ1v) is 6.57. The van der Waals surface area contributed by atoms with E-state index in [0.717, 1.165) is 5.56 Å². The van der Waals surface area contributed by atoms with Crippen LogP contribution in [-0.4, -0.2) is 12.6 Å². The van der Waals surface area contributed by atoms with Crippen molar-refractivity contribution in [2.45, 2.75) is 6.42 Å². The van der Waals surface area contributed by atoms with E-state index in [-0.39, 0.29) is 5.69 Å². The Labute approximate surface area is 121 Å². The van der Waals surface area contributed by atoms with Gasteiger partial charge < -0.3 is 10.6 Å². The van der Waals surface area contributed by atoms with Crippen molar-refractivity contribution in [3.8, 4) is 0 Å². The van der Waals surface area contributed by atoms with E-state index in [1.54, 1.807) is 24.3 Å². The van der Waals surface area contributed by atoms with E-state index in [9.17, 15) is 9.18 Å². The smallest absolute Gasteiger partial charge is 0.319 e. The van der Waals surface area contributed by atoms with Gasteiger partial charge in [-0.2, -0.15) is 0 Å². The molecule has 20 heavy (non-hydrogen) atoms. The molecule has 0 saturated carbocycles. The minimum absolute atomic E-state index is 0.163. The van der Waals surface area contributed by atoms with Crippen molar-refractivity contribution < 1.29 is 9.18 Å². The summed E-state index contributed by atoms with van der Waals surface area (Å²) in [4.78, 5) is 11.6. The molecule has 0 atom stereocenters. The first-order valence-electron chi connectivity index (χ1n) is 6.19. The number of hydrogen-bond donors (Lipinski definition) is 2. The summed E-state index contributed by atoms with van der Waals surface area (Å²) in [5, 5.41) is 5.81. The van der Waals surface area contributed by atoms with Gasteiger partial charge in [-0.1, -0.05) is 35.9 Å². The molecule has 0 radical (unpaired) electrons. The van der Waals surface area contributed by atoms with Crippen molar-refractivity contribution in [3.63, 3.8) is 0 Å². The number of urea groups is 1. The molecule has 3 nitrogen and oxygen atoms in total. The molecule has 0 aliphatic carbocycles. The molecule has 2 N–H and O–H groups in total. The summed E-state index contributed by atoms with van der Waals surface area (Å²) in [6.45, 7) is 0.460. The highest BCUT2D eigenvalue weighted by Crippen LogP contribution is 2.12. The lowest BCUT2D eigenvalue weighted by Crippen LogP contribution is -2.30. The summed E-state index contributed by atoms with van der Waals surface area (Å²) in [5.74, 6) is -0.458. The number of nitrogens with one attached hydrogen (secondary N) is 2. The zero-order valence-corrected chi connectivity index (χ0v) is 11.5. The number of hydrogen-bond acceptors (Lipinski definition) is 1. The van der Waals surface area contributed by atoms with Gasteiger partial charge in [-0.15, -0.1) is 0 Å². The van der Waals surface area contributed by atoms with E-state index >= 15 is 0 Å². The van der Waals surface area contributed by atoms with Crippen LogP contribution in [0.1, 0.15) is 5.56 Å². The van der Waals surface area contributed by atoms with E-state index in [2.05, 4.69) is 10.6 Å². The van der Waals surface area contributed by atoms with E-state index in [4.69, 9.17) is 11.6 Å². The van der Waals surface area contributed by atoms with Crippen molar-refractivity contribution in [1.29, 1.82) is 0 Å². The molecule has 0 saturated heterocycles. The van der Waals surface area contributed by atoms with Gasteiger partial charge in [0.25, 0.3) is 0 Å². The van der Waals surface area contributed by atoms with Crippen molar-refractivity contribution in [2.24, 2.45) is 0 Å². The summed E-state index contributed by atoms with van der Waals surface area (Å²) in [5.41, 5.74) is 1.23. The summed E-state index contributed by atoms with van der Waals surface area (Å²) >= 11 is 5.79. The van der Waals surface area contributed by atoms with Gasteiger partial charge in [0.1, 0.15) is 5.82 Å². The maximum atomic E-state index is 13.3. The number of anilines is 1. The van der Waals surface area contributed by atoms with E-state index in [0.29, 0.717) is 18.0 Å². The normalized spacial score (nSPS) is 10.1. The second-order valence-corrected chi connectivity index (χ2v) is 4.67. The fourth-order valence-corrected chi connectivity index (χ4v) is 1.83. The van der Waals surface area contributed by atoms with Gasteiger partial charge in [0.2, 0.25) is 0 Å². The second kappa shape index (κ2) is 6.91. The third kappa shape index (κ3) is 4.24. The maximum Gasteiger partial charge on any atom is 0.319 e. The molecular formula is C15H14ClFN2O. The Kier molecular flexibility index (Phi) is 4.96. The van der Waals surface area contributed by atoms with Crippen molar-refractivity contribution in [1.82, 2.24) is 5.32 Å². The highest BCUT2D eigenvalue weighted by molar-refractivity contribution is 6.30. The Balaban J connectivity index is 1.78. The molecule has 0 spiro atoms. The van der Waals surface area contributed by atoms with Crippen LogP contribution in [0.3, 0.4) is 0 Å². The Morgan fingerprint density at radius 1 is 1.10 bits per heavy atom. The molecule has 0 heterocycles. The first-order chi connectivity index (χ1) is 9.65. The number of amides is 2. The molecule has 2 rings (SSSR count). The second-order valence-electron chi connectivity index (χ2n) is 4.24. The average molecular weight is 293 g/mol. The van der Waals surface area contributed by atoms with Crippen LogP contribution >= 0.6 is 11.6 Å². The Hall–Kier alpha value is -2.07. The lowest BCUT2D eigenvalue weighted by Gasteiger charge is -2.08. The number of carbonyl (C=O) groups is 1. The zero-order valence-electron chi connectivity index (χ0n) is 10.7. The van der Waals surface area contributed by atoms with E-state index in [1.165, 1.54) is 12.1 Å². The van der Waals surface area contributed by atoms with Crippen LogP contribution in [-0.2, 0) is 6.42 Å². The van der Waals surface area contributed by atoms with Gasteiger partial charge in [-0.05, 0) is 36.2 Å². The number of para-hydroxylation sites is 1. The molecule has 104 valence electrons. The number of rotatable bonds is 4. The highest BCUT2D eigenvalue weighted by Gasteiger charge is 2.05. The summed E-state index contributed by atoms with van der Waals surface area (Å²) in [6, 6.07) is 13.0. The maximum absolute atomic E-state index is 13.3. The van der Waals surface area contributed by atoms with Crippen LogP contribution < -0.4 is 10.6 Å². The molecular weight excluding hydrogens is 279 g/mol. The number of halogens is 2. The topological polar surface area (TPSA) is 41.1 Å². The van der Waals surface area contributed by atoms with Crippen LogP contribution in [0.5, 0.6) is 0 Å². The van der Waals surface area contributed by atoms with Crippen LogP contribution in [0.15, 0.2) is 48.5 Å². The third-order valence-corrected chi connectivity index (χ3v) is 2.99. The summed E-state index contributed by atoms with van der Waals surface area (Å²) in [7, 11) is 0. The molecule has 0 aliphatic heterocycles. The van der Waals surface area contributed by atoms with Gasteiger partial charge in [-0.25, -0.2) is 9.18 Å². The molecule has 0 fully saturated rings. The van der Waals surface area contributed by atoms with Gasteiger partial charge in [-0.3, -0.25) is 0 Å². The highest BCUT2D eigenvalue weighted by atomic mass is 35.5. The van der Waals surface area contributed by atoms with Gasteiger partial charge in [0.05, 0.1) is 5.69 Å². The monoisotopic (exact) mass is 292 g/mol. The third-order valence-electron chi connectivity index (χ3n) is 2.73. The lowest BCUT2D eigenvalue weighted by atomic mass is 10.1. The van der Waals surface area contributed by atoms with Crippen molar-refractivity contribution >= 4 is 23.3 Å². The van der Waals surface area contributed by atoms with E-state index in [1.807, 2.05) is 12.1 Å². The molecule has 2 aromatic rings. The van der Waals surface area contributed by atoms with Gasteiger partial charge >= 0.3 is 6.03 Å². The molecule has 0 aromatic heterocycles.